The predicted octanol–water partition coefficient (Wildman–Crippen LogP) is 2.23. The van der Waals surface area contributed by atoms with Crippen LogP contribution in [0.15, 0.2) is 0 Å². The minimum absolute atomic E-state index is 0. The van der Waals surface area contributed by atoms with Gasteiger partial charge in [0.1, 0.15) is 11.6 Å². The van der Waals surface area contributed by atoms with E-state index >= 15 is 0 Å². The summed E-state index contributed by atoms with van der Waals surface area (Å²) >= 11 is 0. The summed E-state index contributed by atoms with van der Waals surface area (Å²) in [5.74, 6) is 0.0415. The Morgan fingerprint density at radius 1 is 0.786 bits per heavy atom. The van der Waals surface area contributed by atoms with Crippen LogP contribution in [-0.4, -0.2) is 37.8 Å². The van der Waals surface area contributed by atoms with Crippen molar-refractivity contribution >= 4 is 37.8 Å². The number of carbonyl (C=O) groups is 2. The smallest absolute Gasteiger partial charge is 0.145 e. The first kappa shape index (κ1) is 16.6. The first-order chi connectivity index (χ1) is 5.55. The molecule has 0 aromatic rings. The summed E-state index contributed by atoms with van der Waals surface area (Å²) in [6.45, 7) is 11.0. The van der Waals surface area contributed by atoms with E-state index in [-0.39, 0.29) is 44.2 Å². The van der Waals surface area contributed by atoms with Crippen LogP contribution in [0.5, 0.6) is 0 Å². The van der Waals surface area contributed by atoms with Crippen LogP contribution in [0.2, 0.25) is 0 Å². The Morgan fingerprint density at radius 2 is 1.00 bits per heavy atom. The van der Waals surface area contributed by atoms with Crippen molar-refractivity contribution in [3.8, 4) is 0 Å². The Morgan fingerprint density at radius 3 is 1.14 bits per heavy atom. The van der Waals surface area contributed by atoms with Crippen LogP contribution in [0, 0.1) is 10.8 Å². The molecular formula is C11H20BiO2. The van der Waals surface area contributed by atoms with Gasteiger partial charge in [0.15, 0.2) is 0 Å². The molecule has 0 spiro atoms. The Balaban J connectivity index is 0. The molecule has 0 N–H and O–H groups in total. The van der Waals surface area contributed by atoms with Crippen molar-refractivity contribution in [3.05, 3.63) is 0 Å². The molecule has 0 amide bonds. The second kappa shape index (κ2) is 5.35. The van der Waals surface area contributed by atoms with Crippen molar-refractivity contribution in [1.29, 1.82) is 0 Å². The molecule has 14 heavy (non-hydrogen) atoms. The average molecular weight is 393 g/mol. The standard InChI is InChI=1S/C11H20O2.Bi/c1-10(2,3)8(12)7-9(13)11(4,5)6;/h7H2,1-6H3;. The third-order valence-corrected chi connectivity index (χ3v) is 1.99. The molecule has 81 valence electrons. The van der Waals surface area contributed by atoms with Gasteiger partial charge >= 0.3 is 0 Å². The van der Waals surface area contributed by atoms with E-state index in [4.69, 9.17) is 0 Å². The number of hydrogen-bond donors (Lipinski definition) is 0. The van der Waals surface area contributed by atoms with Gasteiger partial charge in [-0.05, 0) is 0 Å². The predicted molar refractivity (Wildman–Crippen MR) is 59.3 cm³/mol. The van der Waals surface area contributed by atoms with Gasteiger partial charge < -0.3 is 0 Å². The molecule has 0 saturated heterocycles. The zero-order chi connectivity index (χ0) is 10.9. The summed E-state index contributed by atoms with van der Waals surface area (Å²) in [6, 6.07) is 0. The van der Waals surface area contributed by atoms with Gasteiger partial charge in [-0.1, -0.05) is 41.5 Å². The fraction of sp³-hybridized carbons (Fsp3) is 0.818. The van der Waals surface area contributed by atoms with E-state index in [2.05, 4.69) is 0 Å². The normalized spacial score (nSPS) is 11.9. The second-order valence-electron chi connectivity index (χ2n) is 5.52. The van der Waals surface area contributed by atoms with Crippen LogP contribution in [0.4, 0.5) is 0 Å². The number of rotatable bonds is 2. The molecule has 0 aliphatic carbocycles. The molecule has 3 radical (unpaired) electrons. The molecule has 0 unspecified atom stereocenters. The molecule has 0 saturated carbocycles. The van der Waals surface area contributed by atoms with E-state index in [0.717, 1.165) is 0 Å². The number of hydrogen-bond acceptors (Lipinski definition) is 2. The maximum absolute atomic E-state index is 11.5. The van der Waals surface area contributed by atoms with Crippen LogP contribution in [0.3, 0.4) is 0 Å². The van der Waals surface area contributed by atoms with Crippen LogP contribution >= 0.6 is 0 Å². The molecular weight excluding hydrogens is 373 g/mol. The van der Waals surface area contributed by atoms with Crippen LogP contribution in [0.1, 0.15) is 48.0 Å². The SMILES string of the molecule is CC(C)(C)C(=O)CC(=O)C(C)(C)C.[Bi]. The van der Waals surface area contributed by atoms with Gasteiger partial charge in [0.2, 0.25) is 0 Å². The van der Waals surface area contributed by atoms with E-state index in [0.29, 0.717) is 0 Å². The molecule has 0 aliphatic rings. The summed E-state index contributed by atoms with van der Waals surface area (Å²) in [5, 5.41) is 0. The van der Waals surface area contributed by atoms with E-state index in [1.807, 2.05) is 41.5 Å². The van der Waals surface area contributed by atoms with Crippen molar-refractivity contribution in [2.45, 2.75) is 48.0 Å². The molecule has 0 aromatic carbocycles. The van der Waals surface area contributed by atoms with Crippen molar-refractivity contribution in [2.24, 2.45) is 10.8 Å². The molecule has 0 fully saturated rings. The number of ketones is 2. The van der Waals surface area contributed by atoms with Gasteiger partial charge in [0.25, 0.3) is 0 Å². The average Bonchev–Trinajstić information content (AvgIpc) is 1.82. The zero-order valence-corrected chi connectivity index (χ0v) is 13.4. The molecule has 0 bridgehead atoms. The van der Waals surface area contributed by atoms with Gasteiger partial charge in [-0.3, -0.25) is 9.59 Å². The molecule has 0 rings (SSSR count). The molecule has 2 nitrogen and oxygen atoms in total. The summed E-state index contributed by atoms with van der Waals surface area (Å²) < 4.78 is 0. The van der Waals surface area contributed by atoms with E-state index in [9.17, 15) is 9.59 Å². The van der Waals surface area contributed by atoms with Crippen molar-refractivity contribution < 1.29 is 9.59 Å². The number of carbonyl (C=O) groups excluding carboxylic acids is 2. The maximum atomic E-state index is 11.5. The summed E-state index contributed by atoms with van der Waals surface area (Å²) in [6.07, 6.45) is 0.0625. The van der Waals surface area contributed by atoms with Crippen LogP contribution in [0.25, 0.3) is 0 Å². The molecule has 0 atom stereocenters. The Labute approximate surface area is 106 Å². The summed E-state index contributed by atoms with van der Waals surface area (Å²) in [5.41, 5.74) is -0.804. The van der Waals surface area contributed by atoms with Gasteiger partial charge in [-0.15, -0.1) is 0 Å². The minimum atomic E-state index is -0.402. The molecule has 0 heterocycles. The van der Waals surface area contributed by atoms with Gasteiger partial charge in [-0.2, -0.15) is 0 Å². The fourth-order valence-corrected chi connectivity index (χ4v) is 0.676. The minimum Gasteiger partial charge on any atom is -0.299 e. The van der Waals surface area contributed by atoms with Crippen molar-refractivity contribution in [3.63, 3.8) is 0 Å². The van der Waals surface area contributed by atoms with Gasteiger partial charge in [-0.25, -0.2) is 0 Å². The summed E-state index contributed by atoms with van der Waals surface area (Å²) in [4.78, 5) is 23.0. The zero-order valence-electron chi connectivity index (χ0n) is 9.97. The fourth-order valence-electron chi connectivity index (χ4n) is 0.676. The Bertz CT molecular complexity index is 194. The van der Waals surface area contributed by atoms with Gasteiger partial charge in [0.05, 0.1) is 6.42 Å². The Hall–Kier alpha value is 0.223. The topological polar surface area (TPSA) is 34.1 Å². The second-order valence-corrected chi connectivity index (χ2v) is 5.52. The van der Waals surface area contributed by atoms with Crippen molar-refractivity contribution in [1.82, 2.24) is 0 Å². The molecule has 3 heteroatoms. The largest absolute Gasteiger partial charge is 0.299 e. The van der Waals surface area contributed by atoms with E-state index in [1.54, 1.807) is 0 Å². The van der Waals surface area contributed by atoms with E-state index in [1.165, 1.54) is 0 Å². The molecule has 0 aliphatic heterocycles. The first-order valence-electron chi connectivity index (χ1n) is 4.62. The quantitative estimate of drug-likeness (QED) is 0.533. The third kappa shape index (κ3) is 5.85. The summed E-state index contributed by atoms with van der Waals surface area (Å²) in [7, 11) is 0. The van der Waals surface area contributed by atoms with Crippen molar-refractivity contribution in [2.75, 3.05) is 0 Å². The maximum Gasteiger partial charge on any atom is 0.145 e. The van der Waals surface area contributed by atoms with Crippen LogP contribution < -0.4 is 0 Å². The third-order valence-electron chi connectivity index (χ3n) is 1.99. The molecule has 0 aromatic heterocycles. The van der Waals surface area contributed by atoms with Crippen LogP contribution in [-0.2, 0) is 9.59 Å². The monoisotopic (exact) mass is 393 g/mol. The van der Waals surface area contributed by atoms with Gasteiger partial charge in [0, 0.05) is 37.0 Å². The van der Waals surface area contributed by atoms with E-state index < -0.39 is 10.8 Å². The first-order valence-corrected chi connectivity index (χ1v) is 4.62. The Kier molecular flexibility index (Phi) is 6.36. The number of Topliss-reactive ketones (excluding diaryl/α,β-unsaturated/α-hetero) is 2.